The Morgan fingerprint density at radius 2 is 1.95 bits per heavy atom. The van der Waals surface area contributed by atoms with Crippen LogP contribution in [0.3, 0.4) is 0 Å². The standard InChI is InChI=1S/C13H19N3O3.ClH/c1-2-7-14-8-9-15-13(17)10-11-5-3-4-6-12(11)16(18)19;/h3-6,14H,2,7-10H2,1H3,(H,15,17);1H. The molecule has 20 heavy (non-hydrogen) atoms. The summed E-state index contributed by atoms with van der Waals surface area (Å²) in [6.45, 7) is 4.22. The molecular formula is C13H20ClN3O3. The number of benzene rings is 1. The molecule has 1 aromatic rings. The minimum atomic E-state index is -0.467. The number of amides is 1. The van der Waals surface area contributed by atoms with Gasteiger partial charge in [0.2, 0.25) is 5.91 Å². The lowest BCUT2D eigenvalue weighted by atomic mass is 10.1. The Labute approximate surface area is 124 Å². The maximum Gasteiger partial charge on any atom is 0.273 e. The molecule has 7 heteroatoms. The largest absolute Gasteiger partial charge is 0.355 e. The molecule has 0 heterocycles. The molecule has 1 amide bonds. The van der Waals surface area contributed by atoms with E-state index in [0.717, 1.165) is 13.0 Å². The van der Waals surface area contributed by atoms with E-state index in [4.69, 9.17) is 0 Å². The monoisotopic (exact) mass is 301 g/mol. The summed E-state index contributed by atoms with van der Waals surface area (Å²) in [7, 11) is 0. The molecule has 0 aliphatic carbocycles. The van der Waals surface area contributed by atoms with Crippen molar-refractivity contribution >= 4 is 24.0 Å². The number of nitro benzene ring substituents is 1. The van der Waals surface area contributed by atoms with Crippen LogP contribution in [-0.2, 0) is 11.2 Å². The first-order valence-electron chi connectivity index (χ1n) is 6.35. The van der Waals surface area contributed by atoms with Crippen molar-refractivity contribution in [2.75, 3.05) is 19.6 Å². The predicted molar refractivity (Wildman–Crippen MR) is 80.2 cm³/mol. The van der Waals surface area contributed by atoms with Crippen LogP contribution in [0.5, 0.6) is 0 Å². The van der Waals surface area contributed by atoms with Gasteiger partial charge < -0.3 is 10.6 Å². The smallest absolute Gasteiger partial charge is 0.273 e. The number of nitrogens with one attached hydrogen (secondary N) is 2. The van der Waals surface area contributed by atoms with E-state index in [-0.39, 0.29) is 30.4 Å². The zero-order valence-corrected chi connectivity index (χ0v) is 12.2. The highest BCUT2D eigenvalue weighted by molar-refractivity contribution is 5.85. The molecule has 0 saturated carbocycles. The number of hydrogen-bond acceptors (Lipinski definition) is 4. The molecule has 2 N–H and O–H groups in total. The molecule has 0 aliphatic heterocycles. The van der Waals surface area contributed by atoms with Gasteiger partial charge in [-0.05, 0) is 13.0 Å². The maximum atomic E-state index is 11.7. The van der Waals surface area contributed by atoms with Crippen LogP contribution in [-0.4, -0.2) is 30.5 Å². The van der Waals surface area contributed by atoms with Crippen molar-refractivity contribution in [2.24, 2.45) is 0 Å². The Morgan fingerprint density at radius 3 is 2.60 bits per heavy atom. The lowest BCUT2D eigenvalue weighted by molar-refractivity contribution is -0.385. The zero-order chi connectivity index (χ0) is 14.1. The van der Waals surface area contributed by atoms with Crippen molar-refractivity contribution < 1.29 is 9.72 Å². The molecule has 1 aromatic carbocycles. The van der Waals surface area contributed by atoms with Crippen molar-refractivity contribution in [3.8, 4) is 0 Å². The van der Waals surface area contributed by atoms with Crippen molar-refractivity contribution in [3.63, 3.8) is 0 Å². The van der Waals surface area contributed by atoms with E-state index in [1.54, 1.807) is 18.2 Å². The molecule has 6 nitrogen and oxygen atoms in total. The first-order chi connectivity index (χ1) is 9.15. The molecule has 0 fully saturated rings. The number of para-hydroxylation sites is 1. The van der Waals surface area contributed by atoms with E-state index in [1.165, 1.54) is 6.07 Å². The summed E-state index contributed by atoms with van der Waals surface area (Å²) in [5.41, 5.74) is 0.424. The van der Waals surface area contributed by atoms with Gasteiger partial charge in [0.05, 0.1) is 11.3 Å². The quantitative estimate of drug-likeness (QED) is 0.434. The second-order valence-electron chi connectivity index (χ2n) is 4.16. The van der Waals surface area contributed by atoms with E-state index in [9.17, 15) is 14.9 Å². The summed E-state index contributed by atoms with van der Waals surface area (Å²) in [6.07, 6.45) is 1.08. The lowest BCUT2D eigenvalue weighted by Gasteiger charge is -2.06. The molecule has 0 radical (unpaired) electrons. The van der Waals surface area contributed by atoms with Gasteiger partial charge in [-0.15, -0.1) is 12.4 Å². The number of carbonyl (C=O) groups excluding carboxylic acids is 1. The highest BCUT2D eigenvalue weighted by atomic mass is 35.5. The maximum absolute atomic E-state index is 11.7. The second-order valence-corrected chi connectivity index (χ2v) is 4.16. The van der Waals surface area contributed by atoms with Crippen LogP contribution in [0.15, 0.2) is 24.3 Å². The third kappa shape index (κ3) is 6.49. The molecule has 0 aromatic heterocycles. The summed E-state index contributed by atoms with van der Waals surface area (Å²) in [6, 6.07) is 6.30. The molecule has 112 valence electrons. The summed E-state index contributed by atoms with van der Waals surface area (Å²) in [5.74, 6) is -0.201. The molecule has 0 bridgehead atoms. The van der Waals surface area contributed by atoms with Crippen molar-refractivity contribution in [3.05, 3.63) is 39.9 Å². The van der Waals surface area contributed by atoms with Gasteiger partial charge in [-0.2, -0.15) is 0 Å². The Bertz CT molecular complexity index is 441. The van der Waals surface area contributed by atoms with Crippen molar-refractivity contribution in [1.82, 2.24) is 10.6 Å². The molecule has 1 rings (SSSR count). The Kier molecular flexibility index (Phi) is 9.32. The molecule has 0 saturated heterocycles. The first kappa shape index (κ1) is 18.3. The van der Waals surface area contributed by atoms with Crippen LogP contribution in [0.2, 0.25) is 0 Å². The molecule has 0 unspecified atom stereocenters. The number of halogens is 1. The number of carbonyl (C=O) groups is 1. The fourth-order valence-electron chi connectivity index (χ4n) is 1.67. The predicted octanol–water partition coefficient (Wildman–Crippen LogP) is 1.67. The van der Waals surface area contributed by atoms with E-state index in [2.05, 4.69) is 17.6 Å². The SMILES string of the molecule is CCCNCCNC(=O)Cc1ccccc1[N+](=O)[O-].Cl. The third-order valence-electron chi connectivity index (χ3n) is 2.59. The van der Waals surface area contributed by atoms with Crippen LogP contribution in [0.1, 0.15) is 18.9 Å². The van der Waals surface area contributed by atoms with Gasteiger partial charge in [-0.3, -0.25) is 14.9 Å². The van der Waals surface area contributed by atoms with Gasteiger partial charge in [0.1, 0.15) is 0 Å². The number of hydrogen-bond donors (Lipinski definition) is 2. The average molecular weight is 302 g/mol. The van der Waals surface area contributed by atoms with Crippen LogP contribution >= 0.6 is 12.4 Å². The van der Waals surface area contributed by atoms with Gasteiger partial charge >= 0.3 is 0 Å². The third-order valence-corrected chi connectivity index (χ3v) is 2.59. The van der Waals surface area contributed by atoms with Gasteiger partial charge in [-0.25, -0.2) is 0 Å². The number of nitro groups is 1. The van der Waals surface area contributed by atoms with E-state index in [0.29, 0.717) is 18.7 Å². The minimum Gasteiger partial charge on any atom is -0.355 e. The fraction of sp³-hybridized carbons (Fsp3) is 0.462. The summed E-state index contributed by atoms with van der Waals surface area (Å²) in [5, 5.41) is 16.7. The Morgan fingerprint density at radius 1 is 1.25 bits per heavy atom. The second kappa shape index (κ2) is 10.2. The fourth-order valence-corrected chi connectivity index (χ4v) is 1.67. The van der Waals surface area contributed by atoms with Crippen LogP contribution in [0, 0.1) is 10.1 Å². The number of rotatable bonds is 8. The van der Waals surface area contributed by atoms with E-state index < -0.39 is 4.92 Å². The van der Waals surface area contributed by atoms with Crippen LogP contribution < -0.4 is 10.6 Å². The summed E-state index contributed by atoms with van der Waals surface area (Å²) < 4.78 is 0. The minimum absolute atomic E-state index is 0. The lowest BCUT2D eigenvalue weighted by Crippen LogP contribution is -2.33. The van der Waals surface area contributed by atoms with Gasteiger partial charge in [0.25, 0.3) is 5.69 Å². The normalized spacial score (nSPS) is 9.65. The van der Waals surface area contributed by atoms with Gasteiger partial charge in [-0.1, -0.05) is 25.1 Å². The van der Waals surface area contributed by atoms with Gasteiger partial charge in [0.15, 0.2) is 0 Å². The molecular weight excluding hydrogens is 282 g/mol. The van der Waals surface area contributed by atoms with Crippen LogP contribution in [0.4, 0.5) is 5.69 Å². The summed E-state index contributed by atoms with van der Waals surface area (Å²) in [4.78, 5) is 22.0. The topological polar surface area (TPSA) is 84.3 Å². The highest BCUT2D eigenvalue weighted by Crippen LogP contribution is 2.17. The average Bonchev–Trinajstić information content (AvgIpc) is 2.39. The number of nitrogens with zero attached hydrogens (tertiary/aromatic N) is 1. The van der Waals surface area contributed by atoms with Crippen molar-refractivity contribution in [1.29, 1.82) is 0 Å². The Hall–Kier alpha value is -1.66. The highest BCUT2D eigenvalue weighted by Gasteiger charge is 2.14. The molecule has 0 spiro atoms. The zero-order valence-electron chi connectivity index (χ0n) is 11.4. The van der Waals surface area contributed by atoms with Crippen molar-refractivity contribution in [2.45, 2.75) is 19.8 Å². The Balaban J connectivity index is 0.00000361. The first-order valence-corrected chi connectivity index (χ1v) is 6.35. The van der Waals surface area contributed by atoms with E-state index >= 15 is 0 Å². The van der Waals surface area contributed by atoms with Crippen LogP contribution in [0.25, 0.3) is 0 Å². The summed E-state index contributed by atoms with van der Waals surface area (Å²) >= 11 is 0. The van der Waals surface area contributed by atoms with E-state index in [1.807, 2.05) is 0 Å². The molecule has 0 aliphatic rings. The molecule has 0 atom stereocenters. The van der Waals surface area contributed by atoms with Gasteiger partial charge in [0, 0.05) is 24.7 Å².